The molecule has 1 heterocycles. The van der Waals surface area contributed by atoms with Crippen molar-refractivity contribution in [3.63, 3.8) is 0 Å². The molecule has 0 saturated carbocycles. The first-order valence-electron chi connectivity index (χ1n) is 6.14. The highest BCUT2D eigenvalue weighted by molar-refractivity contribution is 7.08. The van der Waals surface area contributed by atoms with Crippen molar-refractivity contribution in [2.45, 2.75) is 0 Å². The first-order valence-corrected chi connectivity index (χ1v) is 7.09. The normalized spacial score (nSPS) is 10.4. The molecular weight excluding hydrogens is 252 g/mol. The van der Waals surface area contributed by atoms with E-state index in [2.05, 4.69) is 53.2 Å². The van der Waals surface area contributed by atoms with Gasteiger partial charge in [0.2, 0.25) is 0 Å². The van der Waals surface area contributed by atoms with Crippen LogP contribution in [0.1, 0.15) is 0 Å². The zero-order chi connectivity index (χ0) is 13.1. The van der Waals surface area contributed by atoms with Crippen LogP contribution in [0.15, 0.2) is 65.4 Å². The first kappa shape index (κ1) is 12.0. The van der Waals surface area contributed by atoms with Crippen molar-refractivity contribution in [1.29, 1.82) is 0 Å². The van der Waals surface area contributed by atoms with Crippen molar-refractivity contribution in [2.24, 2.45) is 0 Å². The second kappa shape index (κ2) is 5.29. The molecule has 0 aliphatic carbocycles. The van der Waals surface area contributed by atoms with Gasteiger partial charge in [-0.1, -0.05) is 36.4 Å². The Labute approximate surface area is 117 Å². The molecule has 3 aromatic rings. The van der Waals surface area contributed by atoms with Gasteiger partial charge in [0.15, 0.2) is 0 Å². The number of methoxy groups -OCH3 is 1. The Morgan fingerprint density at radius 1 is 0.842 bits per heavy atom. The summed E-state index contributed by atoms with van der Waals surface area (Å²) in [7, 11) is 1.70. The van der Waals surface area contributed by atoms with E-state index in [0.717, 1.165) is 5.75 Å². The van der Waals surface area contributed by atoms with Gasteiger partial charge in [0.25, 0.3) is 0 Å². The number of hydrogen-bond acceptors (Lipinski definition) is 2. The summed E-state index contributed by atoms with van der Waals surface area (Å²) >= 11 is 1.72. The summed E-state index contributed by atoms with van der Waals surface area (Å²) < 4.78 is 5.31. The zero-order valence-electron chi connectivity index (χ0n) is 10.7. The zero-order valence-corrected chi connectivity index (χ0v) is 11.5. The summed E-state index contributed by atoms with van der Waals surface area (Å²) in [6.45, 7) is 0. The molecule has 19 heavy (non-hydrogen) atoms. The van der Waals surface area contributed by atoms with Crippen LogP contribution in [0.5, 0.6) is 5.75 Å². The lowest BCUT2D eigenvalue weighted by Crippen LogP contribution is -1.86. The van der Waals surface area contributed by atoms with Gasteiger partial charge in [0.05, 0.1) is 7.11 Å². The number of rotatable bonds is 3. The fraction of sp³-hybridized carbons (Fsp3) is 0.0588. The summed E-state index contributed by atoms with van der Waals surface area (Å²) in [5, 5.41) is 4.29. The summed E-state index contributed by atoms with van der Waals surface area (Å²) in [5.74, 6) is 0.887. The van der Waals surface area contributed by atoms with Crippen LogP contribution < -0.4 is 4.74 Å². The Hall–Kier alpha value is -2.06. The molecular formula is C17H14OS. The van der Waals surface area contributed by atoms with Gasteiger partial charge in [-0.15, -0.1) is 0 Å². The van der Waals surface area contributed by atoms with Gasteiger partial charge >= 0.3 is 0 Å². The molecule has 0 spiro atoms. The minimum absolute atomic E-state index is 0.887. The Morgan fingerprint density at radius 2 is 1.63 bits per heavy atom. The van der Waals surface area contributed by atoms with Gasteiger partial charge in [-0.3, -0.25) is 0 Å². The van der Waals surface area contributed by atoms with Crippen molar-refractivity contribution in [1.82, 2.24) is 0 Å². The average molecular weight is 266 g/mol. The van der Waals surface area contributed by atoms with E-state index < -0.39 is 0 Å². The maximum absolute atomic E-state index is 5.31. The van der Waals surface area contributed by atoms with Crippen LogP contribution in [-0.4, -0.2) is 7.11 Å². The Bertz CT molecular complexity index is 671. The summed E-state index contributed by atoms with van der Waals surface area (Å²) in [5.41, 5.74) is 4.95. The Balaban J connectivity index is 2.15. The molecule has 0 amide bonds. The molecule has 3 rings (SSSR count). The second-order valence-electron chi connectivity index (χ2n) is 4.29. The fourth-order valence-electron chi connectivity index (χ4n) is 2.19. The molecule has 1 aromatic heterocycles. The maximum Gasteiger partial charge on any atom is 0.119 e. The number of hydrogen-bond donors (Lipinski definition) is 0. The fourth-order valence-corrected chi connectivity index (χ4v) is 2.85. The molecule has 0 radical (unpaired) electrons. The second-order valence-corrected chi connectivity index (χ2v) is 5.07. The van der Waals surface area contributed by atoms with E-state index in [1.807, 2.05) is 12.1 Å². The molecule has 0 atom stereocenters. The molecule has 0 bridgehead atoms. The van der Waals surface area contributed by atoms with Crippen molar-refractivity contribution in [3.05, 3.63) is 65.4 Å². The lowest BCUT2D eigenvalue weighted by atomic mass is 9.96. The average Bonchev–Trinajstić information content (AvgIpc) is 3.01. The van der Waals surface area contributed by atoms with Crippen LogP contribution in [0.3, 0.4) is 0 Å². The van der Waals surface area contributed by atoms with E-state index in [1.54, 1.807) is 18.4 Å². The van der Waals surface area contributed by atoms with Gasteiger partial charge in [-0.2, -0.15) is 11.3 Å². The van der Waals surface area contributed by atoms with Crippen molar-refractivity contribution < 1.29 is 4.74 Å². The molecule has 0 unspecified atom stereocenters. The van der Waals surface area contributed by atoms with Crippen LogP contribution in [0.4, 0.5) is 0 Å². The van der Waals surface area contributed by atoms with Crippen LogP contribution in [0.25, 0.3) is 22.3 Å². The van der Waals surface area contributed by atoms with Gasteiger partial charge in [0, 0.05) is 0 Å². The predicted octanol–water partition coefficient (Wildman–Crippen LogP) is 5.09. The first-order chi connectivity index (χ1) is 9.38. The number of thiophene rings is 1. The molecule has 94 valence electrons. The highest BCUT2D eigenvalue weighted by Crippen LogP contribution is 2.34. The third-order valence-corrected chi connectivity index (χ3v) is 3.82. The van der Waals surface area contributed by atoms with E-state index in [9.17, 15) is 0 Å². The van der Waals surface area contributed by atoms with Crippen molar-refractivity contribution in [2.75, 3.05) is 7.11 Å². The Morgan fingerprint density at radius 3 is 2.32 bits per heavy atom. The summed E-state index contributed by atoms with van der Waals surface area (Å²) in [4.78, 5) is 0. The minimum Gasteiger partial charge on any atom is -0.497 e. The topological polar surface area (TPSA) is 9.23 Å². The molecule has 2 aromatic carbocycles. The van der Waals surface area contributed by atoms with Gasteiger partial charge in [-0.05, 0) is 51.2 Å². The smallest absolute Gasteiger partial charge is 0.119 e. The van der Waals surface area contributed by atoms with Crippen molar-refractivity contribution in [3.8, 4) is 28.0 Å². The van der Waals surface area contributed by atoms with Gasteiger partial charge in [-0.25, -0.2) is 0 Å². The lowest BCUT2D eigenvalue weighted by Gasteiger charge is -2.09. The Kier molecular flexibility index (Phi) is 3.34. The molecule has 0 aliphatic rings. The molecule has 2 heteroatoms. The quantitative estimate of drug-likeness (QED) is 0.641. The van der Waals surface area contributed by atoms with E-state index in [4.69, 9.17) is 4.74 Å². The van der Waals surface area contributed by atoms with E-state index in [0.29, 0.717) is 0 Å². The number of benzene rings is 2. The molecule has 0 saturated heterocycles. The summed E-state index contributed by atoms with van der Waals surface area (Å²) in [6, 6.07) is 18.8. The molecule has 0 aliphatic heterocycles. The third kappa shape index (κ3) is 2.40. The van der Waals surface area contributed by atoms with Crippen LogP contribution in [0.2, 0.25) is 0 Å². The van der Waals surface area contributed by atoms with E-state index in [1.165, 1.54) is 22.3 Å². The van der Waals surface area contributed by atoms with Crippen molar-refractivity contribution >= 4 is 11.3 Å². The van der Waals surface area contributed by atoms with Crippen LogP contribution in [-0.2, 0) is 0 Å². The largest absolute Gasteiger partial charge is 0.497 e. The molecule has 0 N–H and O–H groups in total. The lowest BCUT2D eigenvalue weighted by molar-refractivity contribution is 0.415. The summed E-state index contributed by atoms with van der Waals surface area (Å²) in [6.07, 6.45) is 0. The van der Waals surface area contributed by atoms with E-state index in [-0.39, 0.29) is 0 Å². The monoisotopic (exact) mass is 266 g/mol. The maximum atomic E-state index is 5.31. The van der Waals surface area contributed by atoms with Crippen LogP contribution in [0, 0.1) is 0 Å². The van der Waals surface area contributed by atoms with Crippen LogP contribution >= 0.6 is 11.3 Å². The minimum atomic E-state index is 0.887. The molecule has 0 fully saturated rings. The highest BCUT2D eigenvalue weighted by atomic mass is 32.1. The molecule has 1 nitrogen and oxygen atoms in total. The third-order valence-electron chi connectivity index (χ3n) is 3.14. The SMILES string of the molecule is COc1cccc(-c2ccccc2-c2ccsc2)c1. The van der Waals surface area contributed by atoms with Gasteiger partial charge in [0.1, 0.15) is 5.75 Å². The van der Waals surface area contributed by atoms with Gasteiger partial charge < -0.3 is 4.74 Å². The predicted molar refractivity (Wildman–Crippen MR) is 81.7 cm³/mol. The van der Waals surface area contributed by atoms with E-state index >= 15 is 0 Å². The highest BCUT2D eigenvalue weighted by Gasteiger charge is 2.07. The standard InChI is InChI=1S/C17H14OS/c1-18-15-6-4-5-13(11-15)16-7-2-3-8-17(16)14-9-10-19-12-14/h2-12H,1H3. The number of ether oxygens (including phenoxy) is 1.